The van der Waals surface area contributed by atoms with Crippen LogP contribution in [0.2, 0.25) is 0 Å². The van der Waals surface area contributed by atoms with E-state index in [1.165, 1.54) is 0 Å². The average Bonchev–Trinajstić information content (AvgIpc) is 3.27. The summed E-state index contributed by atoms with van der Waals surface area (Å²) in [5.74, 6) is 1.40. The van der Waals surface area contributed by atoms with Crippen LogP contribution in [0.5, 0.6) is 0 Å². The highest BCUT2D eigenvalue weighted by Gasteiger charge is 2.37. The highest BCUT2D eigenvalue weighted by Crippen LogP contribution is 2.43. The Hall–Kier alpha value is -2.47. The van der Waals surface area contributed by atoms with Crippen LogP contribution in [0.15, 0.2) is 30.6 Å². The molecule has 0 bridgehead atoms. The fraction of sp³-hybridized carbons (Fsp3) is 0.267. The number of hydrogen-bond donors (Lipinski definition) is 2. The highest BCUT2D eigenvalue weighted by atomic mass is 16.1. The van der Waals surface area contributed by atoms with Crippen molar-refractivity contribution in [3.8, 4) is 0 Å². The summed E-state index contributed by atoms with van der Waals surface area (Å²) in [6.07, 6.45) is 5.73. The van der Waals surface area contributed by atoms with Crippen molar-refractivity contribution >= 4 is 23.2 Å². The van der Waals surface area contributed by atoms with Crippen molar-refractivity contribution in [1.82, 2.24) is 16.1 Å². The van der Waals surface area contributed by atoms with Gasteiger partial charge >= 0.3 is 0 Å². The van der Waals surface area contributed by atoms with Gasteiger partial charge in [-0.05, 0) is 43.5 Å². The number of pyridine rings is 2. The van der Waals surface area contributed by atoms with Crippen molar-refractivity contribution in [2.75, 3.05) is 10.2 Å². The van der Waals surface area contributed by atoms with Gasteiger partial charge in [-0.25, -0.2) is 9.97 Å². The monoisotopic (exact) mass is 283 g/mol. The molecule has 2 aliphatic rings. The Morgan fingerprint density at radius 2 is 1.95 bits per heavy atom. The molecule has 4 rings (SSSR count). The quantitative estimate of drug-likeness (QED) is 0.839. The second-order valence-corrected chi connectivity index (χ2v) is 5.26. The van der Waals surface area contributed by atoms with Crippen LogP contribution in [-0.4, -0.2) is 21.9 Å². The number of nitrogens with zero attached hydrogens (tertiary/aromatic N) is 3. The number of anilines is 3. The molecule has 0 radical (unpaired) electrons. The third kappa shape index (κ3) is 2.04. The minimum atomic E-state index is -0.117. The topological polar surface area (TPSA) is 93.1 Å². The maximum absolute atomic E-state index is 12.4. The van der Waals surface area contributed by atoms with Crippen LogP contribution in [0.1, 0.15) is 28.8 Å². The number of hydrogen-bond acceptors (Lipinski definition) is 5. The van der Waals surface area contributed by atoms with E-state index in [0.717, 1.165) is 29.9 Å². The fourth-order valence-electron chi connectivity index (χ4n) is 2.61. The smallest absolute Gasteiger partial charge is 0.259 e. The molecule has 21 heavy (non-hydrogen) atoms. The van der Waals surface area contributed by atoms with E-state index < -0.39 is 0 Å². The van der Waals surface area contributed by atoms with E-state index in [9.17, 15) is 4.79 Å². The Kier molecular flexibility index (Phi) is 3.10. The summed E-state index contributed by atoms with van der Waals surface area (Å²) < 4.78 is 0. The van der Waals surface area contributed by atoms with Gasteiger partial charge in [-0.3, -0.25) is 4.79 Å². The molecule has 1 fully saturated rings. The van der Waals surface area contributed by atoms with Gasteiger partial charge in [0.05, 0.1) is 11.3 Å². The Labute approximate surface area is 122 Å². The molecule has 2 aromatic heterocycles. The minimum Gasteiger partial charge on any atom is -0.344 e. The van der Waals surface area contributed by atoms with Gasteiger partial charge in [0.1, 0.15) is 5.82 Å². The van der Waals surface area contributed by atoms with Gasteiger partial charge in [-0.15, -0.1) is 0 Å². The third-order valence-corrected chi connectivity index (χ3v) is 3.78. The largest absolute Gasteiger partial charge is 0.344 e. The molecule has 108 valence electrons. The SMILES string of the molecule is Cc1ccnc2c1NC(=O)c1cccnc1N2C1CC1.N. The van der Waals surface area contributed by atoms with Crippen molar-refractivity contribution in [1.29, 1.82) is 0 Å². The summed E-state index contributed by atoms with van der Waals surface area (Å²) in [5.41, 5.74) is 2.42. The van der Waals surface area contributed by atoms with Crippen molar-refractivity contribution in [2.45, 2.75) is 25.8 Å². The van der Waals surface area contributed by atoms with Gasteiger partial charge in [-0.1, -0.05) is 0 Å². The molecule has 6 nitrogen and oxygen atoms in total. The zero-order chi connectivity index (χ0) is 13.7. The second-order valence-electron chi connectivity index (χ2n) is 5.26. The first-order chi connectivity index (χ1) is 9.75. The molecule has 0 saturated heterocycles. The zero-order valence-corrected chi connectivity index (χ0v) is 11.8. The predicted molar refractivity (Wildman–Crippen MR) is 81.3 cm³/mol. The van der Waals surface area contributed by atoms with Crippen LogP contribution in [0.3, 0.4) is 0 Å². The summed E-state index contributed by atoms with van der Waals surface area (Å²) >= 11 is 0. The second kappa shape index (κ2) is 4.82. The summed E-state index contributed by atoms with van der Waals surface area (Å²) in [6, 6.07) is 5.91. The summed E-state index contributed by atoms with van der Waals surface area (Å²) in [7, 11) is 0. The number of amides is 1. The summed E-state index contributed by atoms with van der Waals surface area (Å²) in [4.78, 5) is 23.4. The molecule has 0 unspecified atom stereocenters. The van der Waals surface area contributed by atoms with Gasteiger partial charge in [0.15, 0.2) is 5.82 Å². The van der Waals surface area contributed by atoms with E-state index in [1.807, 2.05) is 19.1 Å². The number of fused-ring (bicyclic) bond motifs is 2. The molecule has 4 N–H and O–H groups in total. The van der Waals surface area contributed by atoms with Crippen molar-refractivity contribution < 1.29 is 4.79 Å². The minimum absolute atomic E-state index is 0. The molecule has 1 saturated carbocycles. The van der Waals surface area contributed by atoms with Crippen LogP contribution in [0.25, 0.3) is 0 Å². The highest BCUT2D eigenvalue weighted by molar-refractivity contribution is 6.11. The van der Waals surface area contributed by atoms with Crippen LogP contribution in [-0.2, 0) is 0 Å². The van der Waals surface area contributed by atoms with Crippen LogP contribution in [0, 0.1) is 6.92 Å². The molecule has 1 aliphatic heterocycles. The fourth-order valence-corrected chi connectivity index (χ4v) is 2.61. The van der Waals surface area contributed by atoms with Crippen molar-refractivity contribution in [2.24, 2.45) is 0 Å². The predicted octanol–water partition coefficient (Wildman–Crippen LogP) is 2.81. The number of nitrogens with one attached hydrogen (secondary N) is 1. The number of aromatic nitrogens is 2. The van der Waals surface area contributed by atoms with E-state index >= 15 is 0 Å². The lowest BCUT2D eigenvalue weighted by Gasteiger charge is -2.23. The van der Waals surface area contributed by atoms with Crippen molar-refractivity contribution in [3.63, 3.8) is 0 Å². The molecule has 1 aliphatic carbocycles. The van der Waals surface area contributed by atoms with Crippen LogP contribution >= 0.6 is 0 Å². The molecular weight excluding hydrogens is 266 g/mol. The third-order valence-electron chi connectivity index (χ3n) is 3.78. The Bertz CT molecular complexity index is 711. The maximum atomic E-state index is 12.4. The lowest BCUT2D eigenvalue weighted by atomic mass is 10.2. The zero-order valence-electron chi connectivity index (χ0n) is 11.8. The maximum Gasteiger partial charge on any atom is 0.259 e. The van der Waals surface area contributed by atoms with Gasteiger partial charge < -0.3 is 16.4 Å². The first kappa shape index (κ1) is 13.5. The van der Waals surface area contributed by atoms with Crippen LogP contribution in [0.4, 0.5) is 17.3 Å². The normalized spacial score (nSPS) is 16.2. The number of carbonyl (C=O) groups excluding carboxylic acids is 1. The van der Waals surface area contributed by atoms with Crippen molar-refractivity contribution in [3.05, 3.63) is 41.7 Å². The molecule has 6 heteroatoms. The molecule has 2 aromatic rings. The van der Waals surface area contributed by atoms with E-state index in [1.54, 1.807) is 18.5 Å². The molecule has 3 heterocycles. The standard InChI is InChI=1S/C15H14N4O.H3N/c1-9-6-8-17-14-12(9)18-15(20)11-3-2-7-16-13(11)19(14)10-4-5-10;/h2-3,6-8,10H,4-5H2,1H3,(H,18,20);1H3. The van der Waals surface area contributed by atoms with Crippen LogP contribution < -0.4 is 16.4 Å². The van der Waals surface area contributed by atoms with Gasteiger partial charge in [0.2, 0.25) is 0 Å². The number of aryl methyl sites for hydroxylation is 1. The molecule has 1 amide bonds. The molecule has 0 aromatic carbocycles. The molecule has 0 spiro atoms. The average molecular weight is 283 g/mol. The van der Waals surface area contributed by atoms with E-state index in [-0.39, 0.29) is 12.1 Å². The van der Waals surface area contributed by atoms with Gasteiger partial charge in [0, 0.05) is 18.4 Å². The number of rotatable bonds is 1. The Morgan fingerprint density at radius 3 is 2.71 bits per heavy atom. The lowest BCUT2D eigenvalue weighted by Crippen LogP contribution is -2.22. The van der Waals surface area contributed by atoms with Gasteiger partial charge in [0.25, 0.3) is 5.91 Å². The van der Waals surface area contributed by atoms with E-state index in [2.05, 4.69) is 20.2 Å². The number of carbonyl (C=O) groups is 1. The lowest BCUT2D eigenvalue weighted by molar-refractivity contribution is 0.102. The summed E-state index contributed by atoms with van der Waals surface area (Å²) in [5, 5.41) is 2.98. The van der Waals surface area contributed by atoms with E-state index in [0.29, 0.717) is 17.4 Å². The Balaban J connectivity index is 0.00000132. The van der Waals surface area contributed by atoms with Gasteiger partial charge in [-0.2, -0.15) is 0 Å². The summed E-state index contributed by atoms with van der Waals surface area (Å²) in [6.45, 7) is 1.98. The Morgan fingerprint density at radius 1 is 1.19 bits per heavy atom. The van der Waals surface area contributed by atoms with E-state index in [4.69, 9.17) is 0 Å². The first-order valence-electron chi connectivity index (χ1n) is 6.77. The molecule has 0 atom stereocenters. The molecular formula is C15H17N5O. The first-order valence-corrected chi connectivity index (χ1v) is 6.77.